The Morgan fingerprint density at radius 1 is 1.05 bits per heavy atom. The molecule has 2 rings (SSSR count). The number of carbonyl (C=O) groups is 3. The molecule has 10 heteroatoms. The van der Waals surface area contributed by atoms with Gasteiger partial charge in [-0.1, -0.05) is 80.4 Å². The van der Waals surface area contributed by atoms with Gasteiger partial charge in [0.05, 0.1) is 10.0 Å². The summed E-state index contributed by atoms with van der Waals surface area (Å²) in [6, 6.07) is 11.7. The zero-order chi connectivity index (χ0) is 28.5. The Balaban J connectivity index is 2.33. The van der Waals surface area contributed by atoms with E-state index >= 15 is 0 Å². The van der Waals surface area contributed by atoms with Gasteiger partial charge in [0.2, 0.25) is 11.7 Å². The standard InChI is InChI=1S/C28H33Cl2F2N3O3/c1-4-14-34-27(38)28(31,32)26(37)24(17(2)3)25(33)22(16-18-8-6-5-7-9-18)35-23(36)13-11-19-10-12-20(29)21(30)15-19/h5-13,15,17,22,24-25H,4,14,16,33H2,1-3H3,(H,34,38)(H,35,36)/b13-11+/t22-,24-,25?/m0/s1. The number of amides is 2. The lowest BCUT2D eigenvalue weighted by Crippen LogP contribution is -2.59. The molecular weight excluding hydrogens is 535 g/mol. The minimum atomic E-state index is -4.27. The number of rotatable bonds is 13. The number of alkyl halides is 2. The second-order valence-corrected chi connectivity index (χ2v) is 10.2. The summed E-state index contributed by atoms with van der Waals surface area (Å²) in [5, 5.41) is 5.53. The number of benzene rings is 2. The number of Topliss-reactive ketones (excluding diaryl/α,β-unsaturated/α-hetero) is 1. The number of nitrogens with one attached hydrogen (secondary N) is 2. The Morgan fingerprint density at radius 3 is 2.29 bits per heavy atom. The third-order valence-electron chi connectivity index (χ3n) is 6.03. The molecule has 0 radical (unpaired) electrons. The fraction of sp³-hybridized carbons (Fsp3) is 0.393. The Kier molecular flexibility index (Phi) is 11.9. The molecular formula is C28H33Cl2F2N3O3. The number of ketones is 1. The summed E-state index contributed by atoms with van der Waals surface area (Å²) in [7, 11) is 0. The predicted molar refractivity (Wildman–Crippen MR) is 147 cm³/mol. The monoisotopic (exact) mass is 567 g/mol. The SMILES string of the molecule is CCCNC(=O)C(F)(F)C(=O)[C@@H](C(C)C)C(N)[C@H](Cc1ccccc1)NC(=O)/C=C/c1ccc(Cl)c(Cl)c1. The van der Waals surface area contributed by atoms with Crippen LogP contribution in [0.4, 0.5) is 8.78 Å². The van der Waals surface area contributed by atoms with Gasteiger partial charge in [-0.05, 0) is 48.1 Å². The van der Waals surface area contributed by atoms with Crippen molar-refractivity contribution in [3.05, 3.63) is 75.8 Å². The number of hydrogen-bond acceptors (Lipinski definition) is 4. The Morgan fingerprint density at radius 2 is 1.71 bits per heavy atom. The normalized spacial score (nSPS) is 14.2. The van der Waals surface area contributed by atoms with Crippen LogP contribution in [0.1, 0.15) is 38.3 Å². The third kappa shape index (κ3) is 8.61. The van der Waals surface area contributed by atoms with Crippen LogP contribution in [0.25, 0.3) is 6.08 Å². The molecule has 2 aromatic rings. The maximum atomic E-state index is 14.9. The maximum Gasteiger partial charge on any atom is 0.381 e. The van der Waals surface area contributed by atoms with Gasteiger partial charge in [-0.3, -0.25) is 14.4 Å². The van der Waals surface area contributed by atoms with Gasteiger partial charge in [0.25, 0.3) is 5.91 Å². The van der Waals surface area contributed by atoms with E-state index in [9.17, 15) is 23.2 Å². The number of nitrogens with two attached hydrogens (primary N) is 1. The Hall–Kier alpha value is -2.81. The highest BCUT2D eigenvalue weighted by Crippen LogP contribution is 2.29. The first kappa shape index (κ1) is 31.4. The van der Waals surface area contributed by atoms with Gasteiger partial charge in [-0.25, -0.2) is 0 Å². The van der Waals surface area contributed by atoms with Gasteiger partial charge in [0, 0.05) is 30.6 Å². The average molecular weight is 568 g/mol. The van der Waals surface area contributed by atoms with E-state index in [1.807, 2.05) is 6.07 Å². The fourth-order valence-electron chi connectivity index (χ4n) is 4.01. The molecule has 0 bridgehead atoms. The van der Waals surface area contributed by atoms with Gasteiger partial charge in [0.15, 0.2) is 0 Å². The molecule has 38 heavy (non-hydrogen) atoms. The molecule has 0 fully saturated rings. The van der Waals surface area contributed by atoms with Crippen LogP contribution in [0, 0.1) is 11.8 Å². The zero-order valence-corrected chi connectivity index (χ0v) is 23.0. The van der Waals surface area contributed by atoms with Crippen LogP contribution in [0.15, 0.2) is 54.6 Å². The van der Waals surface area contributed by atoms with Crippen LogP contribution >= 0.6 is 23.2 Å². The van der Waals surface area contributed by atoms with Crippen molar-refractivity contribution in [1.29, 1.82) is 0 Å². The number of carbonyl (C=O) groups excluding carboxylic acids is 3. The summed E-state index contributed by atoms with van der Waals surface area (Å²) in [6.07, 6.45) is 3.38. The van der Waals surface area contributed by atoms with Crippen molar-refractivity contribution < 1.29 is 23.2 Å². The Labute approximate surface area is 231 Å². The van der Waals surface area contributed by atoms with E-state index < -0.39 is 47.4 Å². The van der Waals surface area contributed by atoms with Gasteiger partial charge < -0.3 is 16.4 Å². The average Bonchev–Trinajstić information content (AvgIpc) is 2.87. The van der Waals surface area contributed by atoms with Crippen LogP contribution in [-0.4, -0.2) is 42.1 Å². The molecule has 0 spiro atoms. The first-order valence-corrected chi connectivity index (χ1v) is 13.1. The molecule has 0 aliphatic heterocycles. The molecule has 0 aliphatic rings. The summed E-state index contributed by atoms with van der Waals surface area (Å²) in [5.74, 6) is -10.1. The summed E-state index contributed by atoms with van der Waals surface area (Å²) in [6.45, 7) is 4.87. The van der Waals surface area contributed by atoms with Crippen LogP contribution in [-0.2, 0) is 20.8 Å². The van der Waals surface area contributed by atoms with Gasteiger partial charge in [0.1, 0.15) is 0 Å². The van der Waals surface area contributed by atoms with E-state index in [-0.39, 0.29) is 13.0 Å². The van der Waals surface area contributed by atoms with Crippen LogP contribution in [0.5, 0.6) is 0 Å². The predicted octanol–water partition coefficient (Wildman–Crippen LogP) is 5.06. The van der Waals surface area contributed by atoms with E-state index in [4.69, 9.17) is 28.9 Å². The minimum absolute atomic E-state index is 0.0119. The summed E-state index contributed by atoms with van der Waals surface area (Å²) in [4.78, 5) is 38.0. The van der Waals surface area contributed by atoms with Crippen LogP contribution in [0.2, 0.25) is 10.0 Å². The Bertz CT molecular complexity index is 1140. The quantitative estimate of drug-likeness (QED) is 0.232. The molecule has 3 atom stereocenters. The smallest absolute Gasteiger partial charge is 0.350 e. The molecule has 2 amide bonds. The largest absolute Gasteiger partial charge is 0.381 e. The van der Waals surface area contributed by atoms with E-state index in [1.165, 1.54) is 12.2 Å². The summed E-state index contributed by atoms with van der Waals surface area (Å²) in [5.41, 5.74) is 7.84. The first-order chi connectivity index (χ1) is 17.9. The van der Waals surface area contributed by atoms with Crippen molar-refractivity contribution in [1.82, 2.24) is 10.6 Å². The molecule has 0 aliphatic carbocycles. The van der Waals surface area contributed by atoms with E-state index in [0.29, 0.717) is 22.0 Å². The van der Waals surface area contributed by atoms with Gasteiger partial charge in [-0.15, -0.1) is 0 Å². The second-order valence-electron chi connectivity index (χ2n) is 9.35. The van der Waals surface area contributed by atoms with Gasteiger partial charge >= 0.3 is 5.92 Å². The zero-order valence-electron chi connectivity index (χ0n) is 21.5. The number of hydrogen-bond donors (Lipinski definition) is 3. The molecule has 0 heterocycles. The molecule has 1 unspecified atom stereocenters. The molecule has 6 nitrogen and oxygen atoms in total. The van der Waals surface area contributed by atoms with Crippen molar-refractivity contribution in [2.45, 2.75) is 51.6 Å². The van der Waals surface area contributed by atoms with Crippen molar-refractivity contribution >= 4 is 46.9 Å². The molecule has 0 aromatic heterocycles. The number of halogens is 4. The van der Waals surface area contributed by atoms with Crippen molar-refractivity contribution in [2.75, 3.05) is 6.54 Å². The molecule has 4 N–H and O–H groups in total. The first-order valence-electron chi connectivity index (χ1n) is 12.3. The third-order valence-corrected chi connectivity index (χ3v) is 6.77. The van der Waals surface area contributed by atoms with E-state index in [1.54, 1.807) is 63.2 Å². The highest BCUT2D eigenvalue weighted by Gasteiger charge is 2.52. The highest BCUT2D eigenvalue weighted by atomic mass is 35.5. The van der Waals surface area contributed by atoms with Crippen molar-refractivity contribution in [2.24, 2.45) is 17.6 Å². The lowest BCUT2D eigenvalue weighted by molar-refractivity contribution is -0.162. The molecule has 0 saturated heterocycles. The van der Waals surface area contributed by atoms with Gasteiger partial charge in [-0.2, -0.15) is 8.78 Å². The van der Waals surface area contributed by atoms with Crippen molar-refractivity contribution in [3.8, 4) is 0 Å². The highest BCUT2D eigenvalue weighted by molar-refractivity contribution is 6.42. The van der Waals surface area contributed by atoms with Crippen LogP contribution < -0.4 is 16.4 Å². The maximum absolute atomic E-state index is 14.9. The topological polar surface area (TPSA) is 101 Å². The minimum Gasteiger partial charge on any atom is -0.350 e. The van der Waals surface area contributed by atoms with Crippen molar-refractivity contribution in [3.63, 3.8) is 0 Å². The fourth-order valence-corrected chi connectivity index (χ4v) is 4.32. The summed E-state index contributed by atoms with van der Waals surface area (Å²) < 4.78 is 29.8. The van der Waals surface area contributed by atoms with E-state index in [0.717, 1.165) is 5.56 Å². The molecule has 2 aromatic carbocycles. The lowest BCUT2D eigenvalue weighted by atomic mass is 9.78. The molecule has 0 saturated carbocycles. The van der Waals surface area contributed by atoms with Crippen LogP contribution in [0.3, 0.4) is 0 Å². The van der Waals surface area contributed by atoms with E-state index in [2.05, 4.69) is 10.6 Å². The second kappa shape index (κ2) is 14.4. The summed E-state index contributed by atoms with van der Waals surface area (Å²) >= 11 is 11.9. The molecule has 206 valence electrons. The lowest BCUT2D eigenvalue weighted by Gasteiger charge is -2.34.